The van der Waals surface area contributed by atoms with E-state index >= 15 is 0 Å². The molecule has 2 heterocycles. The van der Waals surface area contributed by atoms with Crippen LogP contribution in [0.15, 0.2) is 0 Å². The molecule has 1 aliphatic rings. The van der Waals surface area contributed by atoms with Gasteiger partial charge in [0.25, 0.3) is 0 Å². The number of rotatable bonds is 1. The lowest BCUT2D eigenvalue weighted by molar-refractivity contribution is -0.138. The van der Waals surface area contributed by atoms with Gasteiger partial charge in [0.2, 0.25) is 10.1 Å². The molecule has 0 radical (unpaired) electrons. The van der Waals surface area contributed by atoms with Crippen LogP contribution in [0.3, 0.4) is 0 Å². The Morgan fingerprint density at radius 2 is 2.13 bits per heavy atom. The first-order valence-corrected chi connectivity index (χ1v) is 5.12. The van der Waals surface area contributed by atoms with Crippen molar-refractivity contribution in [2.24, 2.45) is 0 Å². The third-order valence-electron chi connectivity index (χ3n) is 2.09. The average Bonchev–Trinajstić information content (AvgIpc) is 2.69. The molecule has 0 aromatic carbocycles. The highest BCUT2D eigenvalue weighted by Crippen LogP contribution is 2.35. The van der Waals surface area contributed by atoms with Gasteiger partial charge in [-0.25, -0.2) is 0 Å². The number of aliphatic hydroxyl groups excluding tert-OH is 1. The molecule has 1 aromatic rings. The first-order valence-electron chi connectivity index (χ1n) is 4.30. The van der Waals surface area contributed by atoms with Gasteiger partial charge in [-0.3, -0.25) is 0 Å². The molecule has 1 N–H and O–H groups in total. The summed E-state index contributed by atoms with van der Waals surface area (Å²) in [6, 6.07) is 0. The predicted molar refractivity (Wildman–Crippen MR) is 47.7 cm³/mol. The lowest BCUT2D eigenvalue weighted by Gasteiger charge is -2.11. The highest BCUT2D eigenvalue weighted by atomic mass is 32.1. The number of aromatic nitrogens is 2. The Morgan fingerprint density at radius 1 is 1.40 bits per heavy atom. The van der Waals surface area contributed by atoms with Crippen molar-refractivity contribution in [1.82, 2.24) is 10.2 Å². The maximum atomic E-state index is 12.2. The van der Waals surface area contributed by atoms with Crippen LogP contribution in [0.1, 0.15) is 11.4 Å². The fourth-order valence-electron chi connectivity index (χ4n) is 1.37. The molecule has 4 nitrogen and oxygen atoms in total. The van der Waals surface area contributed by atoms with Crippen LogP contribution >= 0.6 is 11.3 Å². The van der Waals surface area contributed by atoms with Gasteiger partial charge in [0, 0.05) is 13.1 Å². The summed E-state index contributed by atoms with van der Waals surface area (Å²) in [5.74, 6) is 0. The van der Waals surface area contributed by atoms with Gasteiger partial charge in [0.05, 0.1) is 6.10 Å². The quantitative estimate of drug-likeness (QED) is 0.798. The summed E-state index contributed by atoms with van der Waals surface area (Å²) < 4.78 is 36.6. The zero-order valence-corrected chi connectivity index (χ0v) is 8.35. The van der Waals surface area contributed by atoms with E-state index in [1.54, 1.807) is 4.90 Å². The topological polar surface area (TPSA) is 49.2 Å². The standard InChI is InChI=1S/C7H8F3N3OS/c8-7(9,10)5-11-12-6(15-5)13-2-1-4(14)3-13/h4,14H,1-3H2. The van der Waals surface area contributed by atoms with Gasteiger partial charge in [-0.2, -0.15) is 13.2 Å². The summed E-state index contributed by atoms with van der Waals surface area (Å²) in [6.07, 6.45) is -4.36. The second-order valence-corrected chi connectivity index (χ2v) is 4.23. The van der Waals surface area contributed by atoms with Crippen molar-refractivity contribution < 1.29 is 18.3 Å². The van der Waals surface area contributed by atoms with Crippen molar-refractivity contribution in [2.75, 3.05) is 18.0 Å². The Labute approximate surface area is 87.3 Å². The summed E-state index contributed by atoms with van der Waals surface area (Å²) >= 11 is 0.507. The lowest BCUT2D eigenvalue weighted by atomic mass is 10.3. The van der Waals surface area contributed by atoms with Crippen molar-refractivity contribution in [3.63, 3.8) is 0 Å². The third-order valence-corrected chi connectivity index (χ3v) is 3.12. The minimum atomic E-state index is -4.44. The molecular formula is C7H8F3N3OS. The molecule has 0 aliphatic carbocycles. The first kappa shape index (κ1) is 10.6. The van der Waals surface area contributed by atoms with Crippen LogP contribution in [0.4, 0.5) is 18.3 Å². The molecule has 1 fully saturated rings. The Morgan fingerprint density at radius 3 is 2.60 bits per heavy atom. The molecule has 1 aliphatic heterocycles. The van der Waals surface area contributed by atoms with Crippen molar-refractivity contribution >= 4 is 16.5 Å². The molecule has 8 heteroatoms. The second kappa shape index (κ2) is 3.60. The number of alkyl halides is 3. The van der Waals surface area contributed by atoms with E-state index in [9.17, 15) is 18.3 Å². The SMILES string of the molecule is OC1CCN(c2nnc(C(F)(F)F)s2)C1. The van der Waals surface area contributed by atoms with E-state index in [2.05, 4.69) is 10.2 Å². The van der Waals surface area contributed by atoms with E-state index in [1.165, 1.54) is 0 Å². The number of hydrogen-bond acceptors (Lipinski definition) is 5. The zero-order valence-electron chi connectivity index (χ0n) is 7.53. The monoisotopic (exact) mass is 239 g/mol. The van der Waals surface area contributed by atoms with Crippen LogP contribution in [0, 0.1) is 0 Å². The molecule has 0 saturated carbocycles. The summed E-state index contributed by atoms with van der Waals surface area (Å²) in [5.41, 5.74) is 0. The number of aliphatic hydroxyl groups is 1. The number of anilines is 1. The molecule has 84 valence electrons. The predicted octanol–water partition coefficient (Wildman–Crippen LogP) is 1.13. The highest BCUT2D eigenvalue weighted by molar-refractivity contribution is 7.15. The molecule has 2 rings (SSSR count). The molecule has 1 aromatic heterocycles. The van der Waals surface area contributed by atoms with Crippen molar-refractivity contribution in [3.05, 3.63) is 5.01 Å². The van der Waals surface area contributed by atoms with Crippen molar-refractivity contribution in [2.45, 2.75) is 18.7 Å². The van der Waals surface area contributed by atoms with Gasteiger partial charge in [0.1, 0.15) is 0 Å². The Balaban J connectivity index is 2.14. The summed E-state index contributed by atoms with van der Waals surface area (Å²) in [7, 11) is 0. The van der Waals surface area contributed by atoms with Crippen molar-refractivity contribution in [3.8, 4) is 0 Å². The molecule has 0 bridgehead atoms. The molecule has 1 unspecified atom stereocenters. The van der Waals surface area contributed by atoms with E-state index in [-0.39, 0.29) is 5.13 Å². The molecular weight excluding hydrogens is 231 g/mol. The normalized spacial score (nSPS) is 22.4. The van der Waals surface area contributed by atoms with Crippen LogP contribution in [0.25, 0.3) is 0 Å². The van der Waals surface area contributed by atoms with E-state index in [4.69, 9.17) is 0 Å². The lowest BCUT2D eigenvalue weighted by Crippen LogP contribution is -2.20. The van der Waals surface area contributed by atoms with Gasteiger partial charge < -0.3 is 10.0 Å². The minimum Gasteiger partial charge on any atom is -0.391 e. The Hall–Kier alpha value is -0.890. The van der Waals surface area contributed by atoms with Gasteiger partial charge in [-0.15, -0.1) is 10.2 Å². The van der Waals surface area contributed by atoms with E-state index in [1.807, 2.05) is 0 Å². The van der Waals surface area contributed by atoms with Crippen LogP contribution < -0.4 is 4.90 Å². The van der Waals surface area contributed by atoms with E-state index in [0.29, 0.717) is 30.8 Å². The number of nitrogens with zero attached hydrogens (tertiary/aromatic N) is 3. The van der Waals surface area contributed by atoms with Crippen molar-refractivity contribution in [1.29, 1.82) is 0 Å². The largest absolute Gasteiger partial charge is 0.445 e. The maximum absolute atomic E-state index is 12.2. The number of β-amino-alcohol motifs (C(OH)–C–C–N with tert-alkyl or cyclic N) is 1. The van der Waals surface area contributed by atoms with Gasteiger partial charge in [-0.05, 0) is 6.42 Å². The summed E-state index contributed by atoms with van der Waals surface area (Å²) in [6.45, 7) is 0.847. The number of halogens is 3. The zero-order chi connectivity index (χ0) is 11.1. The smallest absolute Gasteiger partial charge is 0.391 e. The van der Waals surface area contributed by atoms with E-state index in [0.717, 1.165) is 0 Å². The van der Waals surface area contributed by atoms with E-state index < -0.39 is 17.3 Å². The highest BCUT2D eigenvalue weighted by Gasteiger charge is 2.36. The molecule has 0 spiro atoms. The average molecular weight is 239 g/mol. The Bertz CT molecular complexity index is 353. The second-order valence-electron chi connectivity index (χ2n) is 3.28. The fourth-order valence-corrected chi connectivity index (χ4v) is 2.12. The minimum absolute atomic E-state index is 0.221. The Kier molecular flexibility index (Phi) is 2.55. The maximum Gasteiger partial charge on any atom is 0.445 e. The number of hydrogen-bond donors (Lipinski definition) is 1. The first-order chi connectivity index (χ1) is 6.97. The molecule has 0 amide bonds. The fraction of sp³-hybridized carbons (Fsp3) is 0.714. The van der Waals surface area contributed by atoms with Gasteiger partial charge >= 0.3 is 6.18 Å². The summed E-state index contributed by atoms with van der Waals surface area (Å²) in [5, 5.41) is 15.0. The molecule has 1 atom stereocenters. The third kappa shape index (κ3) is 2.20. The van der Waals surface area contributed by atoms with Gasteiger partial charge in [0.15, 0.2) is 0 Å². The van der Waals surface area contributed by atoms with Crippen LogP contribution in [0.2, 0.25) is 0 Å². The van der Waals surface area contributed by atoms with Crippen LogP contribution in [-0.2, 0) is 6.18 Å². The van der Waals surface area contributed by atoms with Gasteiger partial charge in [-0.1, -0.05) is 11.3 Å². The molecule has 15 heavy (non-hydrogen) atoms. The van der Waals surface area contributed by atoms with Crippen LogP contribution in [0.5, 0.6) is 0 Å². The summed E-state index contributed by atoms with van der Waals surface area (Å²) in [4.78, 5) is 1.61. The van der Waals surface area contributed by atoms with Crippen LogP contribution in [-0.4, -0.2) is 34.5 Å². The molecule has 1 saturated heterocycles.